The maximum absolute atomic E-state index is 5.96. The number of rotatable bonds is 10. The molecule has 1 aromatic rings. The Kier molecular flexibility index (Phi) is 8.95. The largest absolute Gasteiger partial charge is 0.493 e. The van der Waals surface area contributed by atoms with Crippen LogP contribution >= 0.6 is 0 Å². The molecule has 0 bridgehead atoms. The van der Waals surface area contributed by atoms with Crippen LogP contribution in [0.3, 0.4) is 0 Å². The van der Waals surface area contributed by atoms with Gasteiger partial charge in [0.1, 0.15) is 0 Å². The maximum Gasteiger partial charge on any atom is 0.188 e. The molecule has 0 saturated carbocycles. The van der Waals surface area contributed by atoms with Crippen LogP contribution in [-0.4, -0.2) is 26.7 Å². The minimum Gasteiger partial charge on any atom is -0.493 e. The molecular weight excluding hydrogens is 290 g/mol. The summed E-state index contributed by atoms with van der Waals surface area (Å²) in [7, 11) is 3.25. The zero-order valence-corrected chi connectivity index (χ0v) is 14.9. The highest BCUT2D eigenvalue weighted by atomic mass is 16.5. The van der Waals surface area contributed by atoms with Gasteiger partial charge in [0.25, 0.3) is 0 Å². The summed E-state index contributed by atoms with van der Waals surface area (Å²) in [6.07, 6.45) is 4.90. The van der Waals surface area contributed by atoms with Crippen LogP contribution in [0.15, 0.2) is 23.2 Å². The summed E-state index contributed by atoms with van der Waals surface area (Å²) in [5, 5.41) is 3.24. The standard InChI is InChI=1S/C18H31N3O2/c1-5-7-8-14(6-2)12-20-18(19)21-13-15-9-10-16(22-3)17(11-15)23-4/h9-11,14H,5-8,12-13H2,1-4H3,(H3,19,20,21). The van der Waals surface area contributed by atoms with Gasteiger partial charge >= 0.3 is 0 Å². The molecule has 0 fully saturated rings. The molecule has 0 aliphatic carbocycles. The summed E-state index contributed by atoms with van der Waals surface area (Å²) >= 11 is 0. The Morgan fingerprint density at radius 1 is 1.22 bits per heavy atom. The van der Waals surface area contributed by atoms with Gasteiger partial charge < -0.3 is 20.5 Å². The lowest BCUT2D eigenvalue weighted by Gasteiger charge is -2.15. The van der Waals surface area contributed by atoms with Crippen LogP contribution in [0.25, 0.3) is 0 Å². The Labute approximate surface area is 140 Å². The second kappa shape index (κ2) is 10.8. The van der Waals surface area contributed by atoms with E-state index in [0.29, 0.717) is 29.9 Å². The van der Waals surface area contributed by atoms with Crippen molar-refractivity contribution in [1.29, 1.82) is 0 Å². The van der Waals surface area contributed by atoms with Gasteiger partial charge in [-0.2, -0.15) is 0 Å². The molecule has 0 amide bonds. The van der Waals surface area contributed by atoms with E-state index in [1.54, 1.807) is 14.2 Å². The van der Waals surface area contributed by atoms with Gasteiger partial charge in [0.05, 0.1) is 20.8 Å². The number of methoxy groups -OCH3 is 2. The Morgan fingerprint density at radius 3 is 2.57 bits per heavy atom. The number of guanidine groups is 1. The first-order valence-corrected chi connectivity index (χ1v) is 8.39. The number of hydrogen-bond donors (Lipinski definition) is 2. The van der Waals surface area contributed by atoms with Crippen LogP contribution < -0.4 is 20.5 Å². The third-order valence-electron chi connectivity index (χ3n) is 4.00. The van der Waals surface area contributed by atoms with Crippen molar-refractivity contribution in [2.75, 3.05) is 20.8 Å². The number of nitrogens with two attached hydrogens (primary N) is 1. The maximum atomic E-state index is 5.96. The summed E-state index contributed by atoms with van der Waals surface area (Å²) < 4.78 is 10.5. The highest BCUT2D eigenvalue weighted by Crippen LogP contribution is 2.27. The normalized spacial score (nSPS) is 12.8. The van der Waals surface area contributed by atoms with Crippen molar-refractivity contribution >= 4 is 5.96 Å². The molecule has 0 spiro atoms. The average molecular weight is 321 g/mol. The smallest absolute Gasteiger partial charge is 0.188 e. The van der Waals surface area contributed by atoms with Gasteiger partial charge in [-0.15, -0.1) is 0 Å². The van der Waals surface area contributed by atoms with Crippen molar-refractivity contribution in [3.63, 3.8) is 0 Å². The van der Waals surface area contributed by atoms with Crippen molar-refractivity contribution < 1.29 is 9.47 Å². The zero-order valence-electron chi connectivity index (χ0n) is 14.9. The van der Waals surface area contributed by atoms with Gasteiger partial charge in [-0.05, 0) is 30.0 Å². The van der Waals surface area contributed by atoms with Crippen molar-refractivity contribution in [3.8, 4) is 11.5 Å². The molecule has 0 aliphatic heterocycles. The second-order valence-corrected chi connectivity index (χ2v) is 5.69. The fraction of sp³-hybridized carbons (Fsp3) is 0.611. The quantitative estimate of drug-likeness (QED) is 0.512. The molecule has 0 heterocycles. The van der Waals surface area contributed by atoms with Crippen LogP contribution in [0.2, 0.25) is 0 Å². The van der Waals surface area contributed by atoms with Crippen molar-refractivity contribution in [3.05, 3.63) is 23.8 Å². The first-order chi connectivity index (χ1) is 11.1. The molecule has 1 rings (SSSR count). The number of aliphatic imine (C=N–C) groups is 1. The lowest BCUT2D eigenvalue weighted by atomic mass is 9.99. The molecule has 0 saturated heterocycles. The minimum atomic E-state index is 0.495. The average Bonchev–Trinajstić information content (AvgIpc) is 2.59. The summed E-state index contributed by atoms with van der Waals surface area (Å²) in [6, 6.07) is 5.77. The van der Waals surface area contributed by atoms with Crippen molar-refractivity contribution in [2.24, 2.45) is 16.6 Å². The highest BCUT2D eigenvalue weighted by Gasteiger charge is 2.06. The monoisotopic (exact) mass is 321 g/mol. The topological polar surface area (TPSA) is 68.9 Å². The summed E-state index contributed by atoms with van der Waals surface area (Å²) in [5.41, 5.74) is 7.00. The zero-order chi connectivity index (χ0) is 17.1. The molecule has 1 aromatic carbocycles. The highest BCUT2D eigenvalue weighted by molar-refractivity contribution is 5.77. The molecule has 1 atom stereocenters. The number of hydrogen-bond acceptors (Lipinski definition) is 3. The summed E-state index contributed by atoms with van der Waals surface area (Å²) in [5.74, 6) is 2.57. The Balaban J connectivity index is 2.52. The van der Waals surface area contributed by atoms with Gasteiger partial charge in [-0.3, -0.25) is 0 Å². The Hall–Kier alpha value is -1.91. The second-order valence-electron chi connectivity index (χ2n) is 5.69. The summed E-state index contributed by atoms with van der Waals surface area (Å²) in [6.45, 7) is 5.85. The molecule has 23 heavy (non-hydrogen) atoms. The predicted molar refractivity (Wildman–Crippen MR) is 96.2 cm³/mol. The molecule has 130 valence electrons. The first-order valence-electron chi connectivity index (χ1n) is 8.39. The van der Waals surface area contributed by atoms with Gasteiger partial charge in [0.15, 0.2) is 17.5 Å². The van der Waals surface area contributed by atoms with Crippen LogP contribution in [-0.2, 0) is 6.54 Å². The minimum absolute atomic E-state index is 0.495. The number of ether oxygens (including phenoxy) is 2. The van der Waals surface area contributed by atoms with E-state index in [1.807, 2.05) is 18.2 Å². The molecule has 1 unspecified atom stereocenters. The van der Waals surface area contributed by atoms with Gasteiger partial charge in [-0.25, -0.2) is 4.99 Å². The number of unbranched alkanes of at least 4 members (excludes halogenated alkanes) is 1. The van der Waals surface area contributed by atoms with Crippen LogP contribution in [0.5, 0.6) is 11.5 Å². The first kappa shape index (κ1) is 19.1. The third-order valence-corrected chi connectivity index (χ3v) is 4.00. The molecule has 3 N–H and O–H groups in total. The lowest BCUT2D eigenvalue weighted by molar-refractivity contribution is 0.354. The number of benzene rings is 1. The van der Waals surface area contributed by atoms with E-state index in [4.69, 9.17) is 15.2 Å². The molecular formula is C18H31N3O2. The molecule has 0 radical (unpaired) electrons. The van der Waals surface area contributed by atoms with E-state index in [9.17, 15) is 0 Å². The third kappa shape index (κ3) is 6.80. The van der Waals surface area contributed by atoms with Crippen LogP contribution in [0.4, 0.5) is 0 Å². The van der Waals surface area contributed by atoms with Gasteiger partial charge in [0.2, 0.25) is 0 Å². The van der Waals surface area contributed by atoms with E-state index in [2.05, 4.69) is 24.2 Å². The number of nitrogens with zero attached hydrogens (tertiary/aromatic N) is 1. The van der Waals surface area contributed by atoms with Gasteiger partial charge in [0, 0.05) is 6.54 Å². The van der Waals surface area contributed by atoms with E-state index >= 15 is 0 Å². The van der Waals surface area contributed by atoms with Gasteiger partial charge in [-0.1, -0.05) is 39.2 Å². The van der Waals surface area contributed by atoms with Crippen molar-refractivity contribution in [2.45, 2.75) is 46.1 Å². The van der Waals surface area contributed by atoms with E-state index in [1.165, 1.54) is 19.3 Å². The van der Waals surface area contributed by atoms with E-state index in [0.717, 1.165) is 18.5 Å². The van der Waals surface area contributed by atoms with Crippen molar-refractivity contribution in [1.82, 2.24) is 5.32 Å². The molecule has 5 heteroatoms. The van der Waals surface area contributed by atoms with E-state index in [-0.39, 0.29) is 0 Å². The van der Waals surface area contributed by atoms with Crippen LogP contribution in [0.1, 0.15) is 45.1 Å². The number of nitrogens with one attached hydrogen (secondary N) is 1. The van der Waals surface area contributed by atoms with Crippen LogP contribution in [0, 0.1) is 5.92 Å². The lowest BCUT2D eigenvalue weighted by Crippen LogP contribution is -2.35. The SMILES string of the molecule is CCCCC(CC)CNC(N)=NCc1ccc(OC)c(OC)c1. The fourth-order valence-corrected chi connectivity index (χ4v) is 2.40. The predicted octanol–water partition coefficient (Wildman–Crippen LogP) is 3.32. The molecule has 0 aromatic heterocycles. The fourth-order valence-electron chi connectivity index (χ4n) is 2.40. The molecule has 5 nitrogen and oxygen atoms in total. The molecule has 0 aliphatic rings. The van der Waals surface area contributed by atoms with E-state index < -0.39 is 0 Å². The Morgan fingerprint density at radius 2 is 1.96 bits per heavy atom. The summed E-state index contributed by atoms with van der Waals surface area (Å²) in [4.78, 5) is 4.40. The Bertz CT molecular complexity index is 489.